The van der Waals surface area contributed by atoms with Gasteiger partial charge in [-0.15, -0.1) is 0 Å². The van der Waals surface area contributed by atoms with Crippen LogP contribution in [0.3, 0.4) is 0 Å². The molecule has 0 atom stereocenters. The summed E-state index contributed by atoms with van der Waals surface area (Å²) in [6.07, 6.45) is 0.334. The topological polar surface area (TPSA) is 38.5 Å². The lowest BCUT2D eigenvalue weighted by Gasteiger charge is -2.36. The van der Waals surface area contributed by atoms with Gasteiger partial charge in [-0.1, -0.05) is 12.1 Å². The first-order chi connectivity index (χ1) is 7.45. The molecule has 0 amide bonds. The first kappa shape index (κ1) is 11.4. The summed E-state index contributed by atoms with van der Waals surface area (Å²) in [5.74, 6) is 0.925. The Labute approximate surface area is 97.2 Å². The quantitative estimate of drug-likeness (QED) is 0.840. The van der Waals surface area contributed by atoms with Gasteiger partial charge in [-0.3, -0.25) is 4.90 Å². The van der Waals surface area contributed by atoms with Crippen LogP contribution in [0, 0.1) is 0 Å². The van der Waals surface area contributed by atoms with Crippen molar-refractivity contribution in [2.45, 2.75) is 25.5 Å². The molecule has 0 radical (unpaired) electrons. The molecule has 88 valence electrons. The number of likely N-dealkylation sites (tertiary alicyclic amines) is 1. The fourth-order valence-corrected chi connectivity index (χ4v) is 1.88. The van der Waals surface area contributed by atoms with Crippen LogP contribution in [0.1, 0.15) is 19.4 Å². The van der Waals surface area contributed by atoms with Crippen LogP contribution >= 0.6 is 0 Å². The maximum absolute atomic E-state index is 6.06. The summed E-state index contributed by atoms with van der Waals surface area (Å²) in [5.41, 5.74) is 6.86. The molecule has 1 aromatic carbocycles. The van der Waals surface area contributed by atoms with E-state index in [1.807, 2.05) is 38.1 Å². The number of benzene rings is 1. The lowest BCUT2D eigenvalue weighted by atomic mass is 9.96. The third-order valence-corrected chi connectivity index (χ3v) is 2.91. The van der Waals surface area contributed by atoms with Crippen molar-refractivity contribution in [1.82, 2.24) is 4.90 Å². The van der Waals surface area contributed by atoms with Crippen LogP contribution in [-0.2, 0) is 5.54 Å². The van der Waals surface area contributed by atoms with Gasteiger partial charge in [-0.2, -0.15) is 0 Å². The molecule has 1 aliphatic heterocycles. The Morgan fingerprint density at radius 1 is 1.38 bits per heavy atom. The highest BCUT2D eigenvalue weighted by atomic mass is 16.5. The lowest BCUT2D eigenvalue weighted by Crippen LogP contribution is -2.51. The minimum atomic E-state index is -0.310. The first-order valence-corrected chi connectivity index (χ1v) is 5.70. The molecule has 1 aliphatic rings. The SMILES string of the molecule is CN1CC(Oc2cccc(C(C)(C)N)c2)C1. The second kappa shape index (κ2) is 4.07. The predicted molar refractivity (Wildman–Crippen MR) is 65.6 cm³/mol. The number of rotatable bonds is 3. The second-order valence-corrected chi connectivity index (χ2v) is 5.21. The lowest BCUT2D eigenvalue weighted by molar-refractivity contribution is 0.0387. The molecule has 2 N–H and O–H groups in total. The number of hydrogen-bond donors (Lipinski definition) is 1. The fraction of sp³-hybridized carbons (Fsp3) is 0.538. The van der Waals surface area contributed by atoms with Gasteiger partial charge < -0.3 is 10.5 Å². The number of nitrogens with zero attached hydrogens (tertiary/aromatic N) is 1. The molecular weight excluding hydrogens is 200 g/mol. The van der Waals surface area contributed by atoms with Crippen LogP contribution < -0.4 is 10.5 Å². The highest BCUT2D eigenvalue weighted by Crippen LogP contribution is 2.23. The summed E-state index contributed by atoms with van der Waals surface area (Å²) in [7, 11) is 2.10. The Morgan fingerprint density at radius 3 is 2.62 bits per heavy atom. The molecule has 0 aliphatic carbocycles. The number of likely N-dealkylation sites (N-methyl/N-ethyl adjacent to an activating group) is 1. The van der Waals surface area contributed by atoms with Crippen molar-refractivity contribution in [3.05, 3.63) is 29.8 Å². The molecule has 16 heavy (non-hydrogen) atoms. The maximum Gasteiger partial charge on any atom is 0.124 e. The summed E-state index contributed by atoms with van der Waals surface area (Å²) in [5, 5.41) is 0. The highest BCUT2D eigenvalue weighted by molar-refractivity contribution is 5.32. The molecule has 2 rings (SSSR count). The van der Waals surface area contributed by atoms with E-state index in [-0.39, 0.29) is 5.54 Å². The van der Waals surface area contributed by atoms with E-state index in [1.165, 1.54) is 0 Å². The van der Waals surface area contributed by atoms with Crippen LogP contribution in [0.5, 0.6) is 5.75 Å². The van der Waals surface area contributed by atoms with E-state index in [0.29, 0.717) is 6.10 Å². The zero-order chi connectivity index (χ0) is 11.8. The van der Waals surface area contributed by atoms with Gasteiger partial charge in [0.05, 0.1) is 0 Å². The molecule has 0 bridgehead atoms. The maximum atomic E-state index is 6.06. The van der Waals surface area contributed by atoms with E-state index >= 15 is 0 Å². The van der Waals surface area contributed by atoms with Crippen molar-refractivity contribution in [3.63, 3.8) is 0 Å². The summed E-state index contributed by atoms with van der Waals surface area (Å²) in [6.45, 7) is 6.03. The highest BCUT2D eigenvalue weighted by Gasteiger charge is 2.25. The first-order valence-electron chi connectivity index (χ1n) is 5.70. The Morgan fingerprint density at radius 2 is 2.06 bits per heavy atom. The minimum Gasteiger partial charge on any atom is -0.488 e. The molecule has 1 fully saturated rings. The van der Waals surface area contributed by atoms with Crippen molar-refractivity contribution in [1.29, 1.82) is 0 Å². The average molecular weight is 220 g/mol. The third kappa shape index (κ3) is 2.54. The molecule has 1 aromatic rings. The van der Waals surface area contributed by atoms with E-state index in [1.54, 1.807) is 0 Å². The van der Waals surface area contributed by atoms with Gasteiger partial charge in [0.25, 0.3) is 0 Å². The number of hydrogen-bond acceptors (Lipinski definition) is 3. The molecule has 3 heteroatoms. The Bertz CT molecular complexity index is 364. The van der Waals surface area contributed by atoms with E-state index in [4.69, 9.17) is 10.5 Å². The monoisotopic (exact) mass is 220 g/mol. The van der Waals surface area contributed by atoms with Crippen LogP contribution in [-0.4, -0.2) is 31.1 Å². The van der Waals surface area contributed by atoms with Gasteiger partial charge in [0.2, 0.25) is 0 Å². The summed E-state index contributed by atoms with van der Waals surface area (Å²) in [4.78, 5) is 2.24. The van der Waals surface area contributed by atoms with Crippen LogP contribution in [0.4, 0.5) is 0 Å². The molecule has 0 saturated carbocycles. The van der Waals surface area contributed by atoms with E-state index in [9.17, 15) is 0 Å². The van der Waals surface area contributed by atoms with Crippen molar-refractivity contribution >= 4 is 0 Å². The minimum absolute atomic E-state index is 0.310. The zero-order valence-electron chi connectivity index (χ0n) is 10.2. The van der Waals surface area contributed by atoms with Gasteiger partial charge in [0.1, 0.15) is 11.9 Å². The molecule has 0 unspecified atom stereocenters. The molecule has 0 aromatic heterocycles. The smallest absolute Gasteiger partial charge is 0.124 e. The Hall–Kier alpha value is -1.06. The fourth-order valence-electron chi connectivity index (χ4n) is 1.88. The summed E-state index contributed by atoms with van der Waals surface area (Å²) >= 11 is 0. The van der Waals surface area contributed by atoms with Gasteiger partial charge in [0.15, 0.2) is 0 Å². The van der Waals surface area contributed by atoms with Gasteiger partial charge >= 0.3 is 0 Å². The van der Waals surface area contributed by atoms with Crippen molar-refractivity contribution in [2.75, 3.05) is 20.1 Å². The summed E-state index contributed by atoms with van der Waals surface area (Å²) < 4.78 is 5.86. The van der Waals surface area contributed by atoms with Crippen molar-refractivity contribution in [2.24, 2.45) is 5.73 Å². The molecule has 1 heterocycles. The van der Waals surface area contributed by atoms with E-state index in [2.05, 4.69) is 11.9 Å². The van der Waals surface area contributed by atoms with Gasteiger partial charge in [-0.05, 0) is 38.6 Å². The average Bonchev–Trinajstić information content (AvgIpc) is 2.14. The third-order valence-electron chi connectivity index (χ3n) is 2.91. The Kier molecular flexibility index (Phi) is 2.91. The van der Waals surface area contributed by atoms with Crippen molar-refractivity contribution in [3.8, 4) is 5.75 Å². The summed E-state index contributed by atoms with van der Waals surface area (Å²) in [6, 6.07) is 8.08. The Balaban J connectivity index is 2.05. The second-order valence-electron chi connectivity index (χ2n) is 5.21. The standard InChI is InChI=1S/C13H20N2O/c1-13(2,14)10-5-4-6-11(7-10)16-12-8-15(3)9-12/h4-7,12H,8-9,14H2,1-3H3. The normalized spacial score (nSPS) is 18.2. The van der Waals surface area contributed by atoms with Crippen LogP contribution in [0.25, 0.3) is 0 Å². The zero-order valence-corrected chi connectivity index (χ0v) is 10.2. The molecule has 0 spiro atoms. The van der Waals surface area contributed by atoms with Crippen molar-refractivity contribution < 1.29 is 4.74 Å². The largest absolute Gasteiger partial charge is 0.488 e. The van der Waals surface area contributed by atoms with Gasteiger partial charge in [0, 0.05) is 18.6 Å². The molecule has 1 saturated heterocycles. The molecule has 3 nitrogen and oxygen atoms in total. The van der Waals surface area contributed by atoms with E-state index in [0.717, 1.165) is 24.4 Å². The van der Waals surface area contributed by atoms with Crippen LogP contribution in [0.15, 0.2) is 24.3 Å². The number of nitrogens with two attached hydrogens (primary N) is 1. The predicted octanol–water partition coefficient (Wildman–Crippen LogP) is 1.57. The number of ether oxygens (including phenoxy) is 1. The van der Waals surface area contributed by atoms with Crippen LogP contribution in [0.2, 0.25) is 0 Å². The van der Waals surface area contributed by atoms with E-state index < -0.39 is 0 Å². The molecular formula is C13H20N2O. The van der Waals surface area contributed by atoms with Gasteiger partial charge in [-0.25, -0.2) is 0 Å².